The normalized spacial score (nSPS) is 15.6. The van der Waals surface area contributed by atoms with Gasteiger partial charge in [0.05, 0.1) is 5.69 Å². The molecule has 4 rings (SSSR count). The summed E-state index contributed by atoms with van der Waals surface area (Å²) in [5, 5.41) is 16.1. The van der Waals surface area contributed by atoms with Gasteiger partial charge in [-0.25, -0.2) is 14.4 Å². The third kappa shape index (κ3) is 4.69. The molecule has 1 aliphatic rings. The molecule has 0 atom stereocenters. The lowest BCUT2D eigenvalue weighted by Gasteiger charge is -2.18. The fourth-order valence-corrected chi connectivity index (χ4v) is 3.58. The lowest BCUT2D eigenvalue weighted by atomic mass is 10.1. The van der Waals surface area contributed by atoms with E-state index in [9.17, 15) is 14.3 Å². The highest BCUT2D eigenvalue weighted by atomic mass is 32.2. The first-order valence-electron chi connectivity index (χ1n) is 9.16. The molecule has 31 heavy (non-hydrogen) atoms. The standard InChI is InChI=1S/C21H16FN5O3S/c1-26-12-19(30-25-26)24-18(28)13-31-21-23-17(11-14-7-5-6-10-16(14)22)20(29)27(21)15-8-3-2-4-9-15/h2-12H,13H2,1H3/b17-11+. The molecule has 0 unspecified atom stereocenters. The molecule has 10 heteroatoms. The van der Waals surface area contributed by atoms with Crippen molar-refractivity contribution in [1.82, 2.24) is 5.27 Å². The Morgan fingerprint density at radius 1 is 1.26 bits per heavy atom. The molecule has 2 aromatic carbocycles. The highest BCUT2D eigenvalue weighted by molar-refractivity contribution is 8.14. The Balaban J connectivity index is 1.62. The number of aryl methyl sites for hydroxylation is 1. The maximum absolute atomic E-state index is 14.1. The van der Waals surface area contributed by atoms with Gasteiger partial charge >= 0.3 is 5.88 Å². The average molecular weight is 437 g/mol. The molecule has 0 saturated carbocycles. The smallest absolute Gasteiger partial charge is 0.320 e. The molecule has 0 aliphatic carbocycles. The van der Waals surface area contributed by atoms with E-state index in [1.807, 2.05) is 6.07 Å². The number of hydrogen-bond acceptors (Lipinski definition) is 7. The highest BCUT2D eigenvalue weighted by Crippen LogP contribution is 2.29. The Labute approximate surface area is 181 Å². The first-order chi connectivity index (χ1) is 15.0. The summed E-state index contributed by atoms with van der Waals surface area (Å²) < 4.78 is 20.3. The van der Waals surface area contributed by atoms with Crippen LogP contribution in [-0.4, -0.2) is 28.0 Å². The number of amidine groups is 1. The zero-order chi connectivity index (χ0) is 21.8. The zero-order valence-corrected chi connectivity index (χ0v) is 17.1. The van der Waals surface area contributed by atoms with Crippen molar-refractivity contribution in [3.8, 4) is 0 Å². The molecule has 0 N–H and O–H groups in total. The van der Waals surface area contributed by atoms with Crippen molar-refractivity contribution < 1.29 is 23.5 Å². The number of aromatic nitrogens is 2. The average Bonchev–Trinajstić information content (AvgIpc) is 3.31. The number of para-hydroxylation sites is 1. The number of carbonyl (C=O) groups excluding carboxylic acids is 1. The van der Waals surface area contributed by atoms with E-state index in [4.69, 9.17) is 4.52 Å². The molecule has 3 aromatic rings. The predicted molar refractivity (Wildman–Crippen MR) is 113 cm³/mol. The van der Waals surface area contributed by atoms with Gasteiger partial charge in [0, 0.05) is 11.3 Å². The second-order valence-electron chi connectivity index (χ2n) is 6.43. The van der Waals surface area contributed by atoms with Crippen LogP contribution in [0.5, 0.6) is 0 Å². The van der Waals surface area contributed by atoms with E-state index in [0.717, 1.165) is 11.8 Å². The molecule has 0 bridgehead atoms. The number of halogens is 1. The zero-order valence-electron chi connectivity index (χ0n) is 16.3. The molecule has 1 aliphatic heterocycles. The maximum Gasteiger partial charge on any atom is 0.320 e. The van der Waals surface area contributed by atoms with Gasteiger partial charge in [0.25, 0.3) is 12.1 Å². The van der Waals surface area contributed by atoms with Crippen LogP contribution in [0.3, 0.4) is 0 Å². The summed E-state index contributed by atoms with van der Waals surface area (Å²) in [5.41, 5.74) is 0.906. The molecule has 8 nitrogen and oxygen atoms in total. The van der Waals surface area contributed by atoms with Crippen LogP contribution in [0.2, 0.25) is 0 Å². The summed E-state index contributed by atoms with van der Waals surface area (Å²) in [6.07, 6.45) is 2.85. The van der Waals surface area contributed by atoms with Crippen LogP contribution in [0.15, 0.2) is 81.0 Å². The Morgan fingerprint density at radius 3 is 2.71 bits per heavy atom. The van der Waals surface area contributed by atoms with Crippen LogP contribution < -0.4 is 14.7 Å². The Morgan fingerprint density at radius 2 is 2.00 bits per heavy atom. The quantitative estimate of drug-likeness (QED) is 0.264. The van der Waals surface area contributed by atoms with Crippen molar-refractivity contribution in [2.75, 3.05) is 10.7 Å². The number of nitrogens with zero attached hydrogens (tertiary/aromatic N) is 5. The third-order valence-electron chi connectivity index (χ3n) is 4.16. The molecule has 0 fully saturated rings. The summed E-state index contributed by atoms with van der Waals surface area (Å²) >= 11 is 1.05. The fourth-order valence-electron chi connectivity index (χ4n) is 2.78. The summed E-state index contributed by atoms with van der Waals surface area (Å²) in [5.74, 6) is -1.34. The van der Waals surface area contributed by atoms with Gasteiger partial charge in [0.1, 0.15) is 11.5 Å². The van der Waals surface area contributed by atoms with Crippen LogP contribution in [0.4, 0.5) is 16.0 Å². The van der Waals surface area contributed by atoms with Crippen LogP contribution >= 0.6 is 11.8 Å². The topological polar surface area (TPSA) is 98.0 Å². The van der Waals surface area contributed by atoms with Crippen LogP contribution in [0, 0.1) is 5.82 Å². The predicted octanol–water partition coefficient (Wildman–Crippen LogP) is 2.21. The van der Waals surface area contributed by atoms with E-state index >= 15 is 0 Å². The van der Waals surface area contributed by atoms with E-state index in [-0.39, 0.29) is 22.9 Å². The fraction of sp³-hybridized carbons (Fsp3) is 0.0952. The first-order valence-corrected chi connectivity index (χ1v) is 10.1. The number of carbonyl (C=O) groups is 1. The molecule has 2 heterocycles. The van der Waals surface area contributed by atoms with Gasteiger partial charge in [-0.1, -0.05) is 52.8 Å². The number of amides is 1. The molecule has 1 aromatic heterocycles. The second kappa shape index (κ2) is 8.92. The number of aliphatic imine (C=N–C) groups is 2. The molecule has 0 spiro atoms. The van der Waals surface area contributed by atoms with Gasteiger partial charge in [-0.15, -0.1) is 0 Å². The van der Waals surface area contributed by atoms with Crippen LogP contribution in [0.25, 0.3) is 6.08 Å². The van der Waals surface area contributed by atoms with Gasteiger partial charge in [0.15, 0.2) is 17.5 Å². The first kappa shape index (κ1) is 20.5. The number of rotatable bonds is 5. The van der Waals surface area contributed by atoms with E-state index < -0.39 is 17.6 Å². The summed E-state index contributed by atoms with van der Waals surface area (Å²) in [7, 11) is 1.64. The van der Waals surface area contributed by atoms with Crippen molar-refractivity contribution >= 4 is 46.4 Å². The maximum atomic E-state index is 14.1. The number of benzene rings is 2. The molecule has 0 saturated heterocycles. The lowest BCUT2D eigenvalue weighted by Crippen LogP contribution is -2.31. The Hall–Kier alpha value is -3.79. The SMILES string of the molecule is C[n+]1cc(/N=C(/[O-])CSC2=N/C(=C/c3ccccc3F)C(=O)N2c2ccccc2)on1. The van der Waals surface area contributed by atoms with E-state index in [2.05, 4.69) is 15.3 Å². The number of anilines is 1. The number of thioether (sulfide) groups is 1. The molecule has 156 valence electrons. The minimum atomic E-state index is -0.476. The molecule has 1 amide bonds. The third-order valence-corrected chi connectivity index (χ3v) is 5.08. The Kier molecular flexibility index (Phi) is 5.89. The highest BCUT2D eigenvalue weighted by Gasteiger charge is 2.32. The molecular weight excluding hydrogens is 421 g/mol. The van der Waals surface area contributed by atoms with Crippen molar-refractivity contribution in [2.24, 2.45) is 17.0 Å². The van der Waals surface area contributed by atoms with Gasteiger partial charge in [-0.3, -0.25) is 14.2 Å². The summed E-state index contributed by atoms with van der Waals surface area (Å²) in [6.45, 7) is 0. The van der Waals surface area contributed by atoms with E-state index in [1.54, 1.807) is 49.5 Å². The monoisotopic (exact) mass is 437 g/mol. The van der Waals surface area contributed by atoms with Gasteiger partial charge in [0.2, 0.25) is 0 Å². The molecular formula is C21H16FN5O3S. The van der Waals surface area contributed by atoms with Crippen LogP contribution in [0.1, 0.15) is 5.56 Å². The van der Waals surface area contributed by atoms with Gasteiger partial charge < -0.3 is 5.11 Å². The minimum Gasteiger partial charge on any atom is -0.861 e. The lowest BCUT2D eigenvalue weighted by molar-refractivity contribution is -0.739. The summed E-state index contributed by atoms with van der Waals surface area (Å²) in [4.78, 5) is 22.6. The van der Waals surface area contributed by atoms with E-state index in [0.29, 0.717) is 10.9 Å². The molecule has 0 radical (unpaired) electrons. The van der Waals surface area contributed by atoms with Crippen LogP contribution in [-0.2, 0) is 11.8 Å². The van der Waals surface area contributed by atoms with E-state index in [1.165, 1.54) is 27.9 Å². The van der Waals surface area contributed by atoms with Gasteiger partial charge in [-0.2, -0.15) is 0 Å². The van der Waals surface area contributed by atoms with Crippen molar-refractivity contribution in [2.45, 2.75) is 0 Å². The Bertz CT molecular complexity index is 1210. The minimum absolute atomic E-state index is 0.0723. The van der Waals surface area contributed by atoms with Crippen molar-refractivity contribution in [1.29, 1.82) is 0 Å². The largest absolute Gasteiger partial charge is 0.861 e. The number of hydrogen-bond donors (Lipinski definition) is 0. The summed E-state index contributed by atoms with van der Waals surface area (Å²) in [6, 6.07) is 15.0. The second-order valence-corrected chi connectivity index (χ2v) is 7.37. The van der Waals surface area contributed by atoms with Crippen molar-refractivity contribution in [3.63, 3.8) is 0 Å². The van der Waals surface area contributed by atoms with Crippen molar-refractivity contribution in [3.05, 3.63) is 77.9 Å². The van der Waals surface area contributed by atoms with Gasteiger partial charge in [-0.05, 0) is 30.2 Å².